The first kappa shape index (κ1) is 13.3. The molecule has 18 heavy (non-hydrogen) atoms. The second-order valence-electron chi connectivity index (χ2n) is 5.29. The first-order valence-corrected chi connectivity index (χ1v) is 6.94. The summed E-state index contributed by atoms with van der Waals surface area (Å²) in [5.41, 5.74) is 0. The van der Waals surface area contributed by atoms with Gasteiger partial charge in [-0.15, -0.1) is 0 Å². The fourth-order valence-corrected chi connectivity index (χ4v) is 2.48. The third kappa shape index (κ3) is 3.45. The molecule has 1 heterocycles. The lowest BCUT2D eigenvalue weighted by Crippen LogP contribution is -2.53. The molecule has 0 aromatic heterocycles. The maximum absolute atomic E-state index is 12.1. The van der Waals surface area contributed by atoms with Crippen LogP contribution in [0.2, 0.25) is 0 Å². The number of nitrogens with one attached hydrogen (secondary N) is 2. The molecule has 2 fully saturated rings. The van der Waals surface area contributed by atoms with Crippen LogP contribution in [0.3, 0.4) is 0 Å². The van der Waals surface area contributed by atoms with Crippen molar-refractivity contribution >= 4 is 11.8 Å². The molecule has 0 radical (unpaired) electrons. The maximum Gasteiger partial charge on any atom is 0.242 e. The second kappa shape index (κ2) is 6.18. The summed E-state index contributed by atoms with van der Waals surface area (Å²) in [6, 6.07) is -0.265. The van der Waals surface area contributed by atoms with Gasteiger partial charge in [-0.1, -0.05) is 0 Å². The Morgan fingerprint density at radius 2 is 2.00 bits per heavy atom. The zero-order valence-corrected chi connectivity index (χ0v) is 11.1. The molecule has 0 bridgehead atoms. The minimum absolute atomic E-state index is 0.0368. The number of amides is 2. The maximum atomic E-state index is 12.1. The number of carbonyl (C=O) groups excluding carboxylic acids is 2. The van der Waals surface area contributed by atoms with Crippen LogP contribution in [0.5, 0.6) is 0 Å². The van der Waals surface area contributed by atoms with Crippen molar-refractivity contribution < 1.29 is 9.59 Å². The van der Waals surface area contributed by atoms with Gasteiger partial charge >= 0.3 is 0 Å². The first-order valence-electron chi connectivity index (χ1n) is 6.94. The van der Waals surface area contributed by atoms with Gasteiger partial charge in [-0.3, -0.25) is 9.59 Å². The Morgan fingerprint density at radius 3 is 2.67 bits per heavy atom. The molecule has 1 saturated carbocycles. The summed E-state index contributed by atoms with van der Waals surface area (Å²) in [5, 5.41) is 5.85. The molecule has 1 atom stereocenters. The molecule has 2 rings (SSSR count). The highest BCUT2D eigenvalue weighted by Crippen LogP contribution is 2.27. The summed E-state index contributed by atoms with van der Waals surface area (Å²) in [6.45, 7) is 2.01. The lowest BCUT2D eigenvalue weighted by molar-refractivity contribution is -0.141. The number of hydrogen-bond acceptors (Lipinski definition) is 3. The molecular weight excluding hydrogens is 230 g/mol. The van der Waals surface area contributed by atoms with Crippen LogP contribution in [0.25, 0.3) is 0 Å². The molecule has 1 aliphatic heterocycles. The zero-order valence-electron chi connectivity index (χ0n) is 11.1. The standard InChI is InChI=1S/C13H23N3O2/c1-14-13(18)11-4-2-3-7-16(11)12(17)9-15-8-10-5-6-10/h10-11,15H,2-9H2,1H3,(H,14,18). The molecule has 1 unspecified atom stereocenters. The van der Waals surface area contributed by atoms with Crippen LogP contribution in [-0.4, -0.2) is 49.4 Å². The van der Waals surface area contributed by atoms with Crippen molar-refractivity contribution in [1.29, 1.82) is 0 Å². The van der Waals surface area contributed by atoms with Gasteiger partial charge in [0.25, 0.3) is 0 Å². The number of likely N-dealkylation sites (N-methyl/N-ethyl adjacent to an activating group) is 1. The van der Waals surface area contributed by atoms with Crippen LogP contribution in [-0.2, 0) is 9.59 Å². The second-order valence-corrected chi connectivity index (χ2v) is 5.29. The van der Waals surface area contributed by atoms with E-state index < -0.39 is 0 Å². The van der Waals surface area contributed by atoms with Crippen molar-refractivity contribution in [2.24, 2.45) is 5.92 Å². The number of hydrogen-bond donors (Lipinski definition) is 2. The minimum atomic E-state index is -0.265. The smallest absolute Gasteiger partial charge is 0.242 e. The Labute approximate surface area is 108 Å². The number of rotatable bonds is 5. The molecule has 0 aromatic rings. The molecule has 1 aliphatic carbocycles. The lowest BCUT2D eigenvalue weighted by Gasteiger charge is -2.34. The molecule has 0 aromatic carbocycles. The van der Waals surface area contributed by atoms with Gasteiger partial charge in [-0.25, -0.2) is 0 Å². The van der Waals surface area contributed by atoms with Crippen LogP contribution in [0.1, 0.15) is 32.1 Å². The monoisotopic (exact) mass is 253 g/mol. The van der Waals surface area contributed by atoms with Gasteiger partial charge in [0.1, 0.15) is 6.04 Å². The first-order chi connectivity index (χ1) is 8.72. The van der Waals surface area contributed by atoms with Crippen LogP contribution in [0, 0.1) is 5.92 Å². The van der Waals surface area contributed by atoms with E-state index in [9.17, 15) is 9.59 Å². The topological polar surface area (TPSA) is 61.4 Å². The minimum Gasteiger partial charge on any atom is -0.357 e. The average Bonchev–Trinajstić information content (AvgIpc) is 3.22. The molecule has 5 nitrogen and oxygen atoms in total. The third-order valence-corrected chi connectivity index (χ3v) is 3.78. The molecule has 1 saturated heterocycles. The molecule has 2 amide bonds. The summed E-state index contributed by atoms with van der Waals surface area (Å²) in [6.07, 6.45) is 5.38. The molecule has 5 heteroatoms. The fraction of sp³-hybridized carbons (Fsp3) is 0.846. The number of piperidine rings is 1. The fourth-order valence-electron chi connectivity index (χ4n) is 2.48. The van der Waals surface area contributed by atoms with Gasteiger partial charge in [0.2, 0.25) is 11.8 Å². The Hall–Kier alpha value is -1.10. The van der Waals surface area contributed by atoms with Crippen molar-refractivity contribution in [3.63, 3.8) is 0 Å². The van der Waals surface area contributed by atoms with Crippen LogP contribution < -0.4 is 10.6 Å². The molecular formula is C13H23N3O2. The Balaban J connectivity index is 1.82. The van der Waals surface area contributed by atoms with Gasteiger partial charge in [-0.05, 0) is 44.6 Å². The highest BCUT2D eigenvalue weighted by atomic mass is 16.2. The summed E-state index contributed by atoms with van der Waals surface area (Å²) < 4.78 is 0. The largest absolute Gasteiger partial charge is 0.357 e. The van der Waals surface area contributed by atoms with E-state index in [4.69, 9.17) is 0 Å². The van der Waals surface area contributed by atoms with Gasteiger partial charge in [-0.2, -0.15) is 0 Å². The summed E-state index contributed by atoms with van der Waals surface area (Å²) >= 11 is 0. The number of nitrogens with zero attached hydrogens (tertiary/aromatic N) is 1. The van der Waals surface area contributed by atoms with E-state index in [2.05, 4.69) is 10.6 Å². The van der Waals surface area contributed by atoms with Crippen molar-refractivity contribution in [2.75, 3.05) is 26.7 Å². The van der Waals surface area contributed by atoms with E-state index in [0.717, 1.165) is 31.7 Å². The Kier molecular flexibility index (Phi) is 4.58. The van der Waals surface area contributed by atoms with E-state index in [1.165, 1.54) is 12.8 Å². The average molecular weight is 253 g/mol. The van der Waals surface area contributed by atoms with Crippen molar-refractivity contribution in [3.05, 3.63) is 0 Å². The molecule has 2 aliphatic rings. The molecule has 102 valence electrons. The van der Waals surface area contributed by atoms with Gasteiger partial charge in [0.05, 0.1) is 6.54 Å². The van der Waals surface area contributed by atoms with Crippen molar-refractivity contribution in [3.8, 4) is 0 Å². The molecule has 2 N–H and O–H groups in total. The summed E-state index contributed by atoms with van der Waals surface area (Å²) in [7, 11) is 1.63. The lowest BCUT2D eigenvalue weighted by atomic mass is 10.0. The SMILES string of the molecule is CNC(=O)C1CCCCN1C(=O)CNCC1CC1. The van der Waals surface area contributed by atoms with Crippen molar-refractivity contribution in [2.45, 2.75) is 38.1 Å². The zero-order chi connectivity index (χ0) is 13.0. The van der Waals surface area contributed by atoms with Crippen molar-refractivity contribution in [1.82, 2.24) is 15.5 Å². The quantitative estimate of drug-likeness (QED) is 0.731. The highest BCUT2D eigenvalue weighted by molar-refractivity contribution is 5.88. The predicted octanol–water partition coefficient (Wildman–Crippen LogP) is 0.113. The van der Waals surface area contributed by atoms with Gasteiger partial charge < -0.3 is 15.5 Å². The normalized spacial score (nSPS) is 23.8. The Morgan fingerprint density at radius 1 is 1.22 bits per heavy atom. The Bertz CT molecular complexity index is 315. The van der Waals surface area contributed by atoms with Crippen LogP contribution >= 0.6 is 0 Å². The summed E-state index contributed by atoms with van der Waals surface area (Å²) in [5.74, 6) is 0.795. The van der Waals surface area contributed by atoms with E-state index in [1.807, 2.05) is 0 Å². The van der Waals surface area contributed by atoms with Gasteiger partial charge in [0, 0.05) is 13.6 Å². The predicted molar refractivity (Wildman–Crippen MR) is 69.0 cm³/mol. The van der Waals surface area contributed by atoms with Gasteiger partial charge in [0.15, 0.2) is 0 Å². The van der Waals surface area contributed by atoms with E-state index in [-0.39, 0.29) is 17.9 Å². The number of carbonyl (C=O) groups is 2. The van der Waals surface area contributed by atoms with Crippen LogP contribution in [0.15, 0.2) is 0 Å². The highest BCUT2D eigenvalue weighted by Gasteiger charge is 2.31. The van der Waals surface area contributed by atoms with E-state index in [1.54, 1.807) is 11.9 Å². The number of likely N-dealkylation sites (tertiary alicyclic amines) is 1. The van der Waals surface area contributed by atoms with E-state index in [0.29, 0.717) is 13.1 Å². The van der Waals surface area contributed by atoms with E-state index >= 15 is 0 Å². The summed E-state index contributed by atoms with van der Waals surface area (Å²) in [4.78, 5) is 25.6. The van der Waals surface area contributed by atoms with Crippen LogP contribution in [0.4, 0.5) is 0 Å². The third-order valence-electron chi connectivity index (χ3n) is 3.78. The molecule has 0 spiro atoms.